The van der Waals surface area contributed by atoms with Gasteiger partial charge in [-0.15, -0.1) is 0 Å². The number of alkyl halides is 1. The van der Waals surface area contributed by atoms with Crippen LogP contribution in [0.1, 0.15) is 85.0 Å². The normalized spacial score (nSPS) is 13.8. The van der Waals surface area contributed by atoms with Crippen LogP contribution in [-0.4, -0.2) is 16.0 Å². The van der Waals surface area contributed by atoms with Crippen molar-refractivity contribution in [3.8, 4) is 0 Å². The van der Waals surface area contributed by atoms with Crippen molar-refractivity contribution in [1.29, 1.82) is 0 Å². The summed E-state index contributed by atoms with van der Waals surface area (Å²) in [7, 11) is 0. The third kappa shape index (κ3) is 10.4. The topological polar surface area (TPSA) is 20.2 Å². The number of rotatable bonds is 12. The molecule has 1 unspecified atom stereocenters. The fourth-order valence-corrected chi connectivity index (χ4v) is 2.97. The molecule has 0 amide bonds. The Morgan fingerprint density at radius 2 is 1.39 bits per heavy atom. The van der Waals surface area contributed by atoms with Crippen molar-refractivity contribution in [3.63, 3.8) is 0 Å². The fraction of sp³-hybridized carbons (Fsp3) is 1.00. The van der Waals surface area contributed by atoms with Crippen molar-refractivity contribution in [1.82, 2.24) is 0 Å². The Bertz CT molecular complexity index is 174. The van der Waals surface area contributed by atoms with Gasteiger partial charge in [-0.25, -0.2) is 0 Å². The lowest BCUT2D eigenvalue weighted by molar-refractivity contribution is 0.233. The minimum absolute atomic E-state index is 0.164. The first-order valence-corrected chi connectivity index (χ1v) is 8.61. The van der Waals surface area contributed by atoms with E-state index in [0.29, 0.717) is 12.5 Å². The summed E-state index contributed by atoms with van der Waals surface area (Å²) in [4.78, 5) is 0. The lowest BCUT2D eigenvalue weighted by Crippen LogP contribution is -2.25. The molecule has 0 rings (SSSR count). The van der Waals surface area contributed by atoms with E-state index in [2.05, 4.69) is 36.7 Å². The SMILES string of the molecule is CCCCCCCCCCC(CCO)C(C)(C)Br. The summed E-state index contributed by atoms with van der Waals surface area (Å²) in [5, 5.41) is 9.10. The van der Waals surface area contributed by atoms with Crippen molar-refractivity contribution in [2.24, 2.45) is 5.92 Å². The Morgan fingerprint density at radius 1 is 0.889 bits per heavy atom. The second-order valence-electron chi connectivity index (χ2n) is 6.04. The highest BCUT2D eigenvalue weighted by molar-refractivity contribution is 9.10. The molecule has 0 aromatic rings. The predicted molar refractivity (Wildman–Crippen MR) is 85.4 cm³/mol. The van der Waals surface area contributed by atoms with E-state index in [1.165, 1.54) is 57.8 Å². The summed E-state index contributed by atoms with van der Waals surface area (Å²) in [6, 6.07) is 0. The highest BCUT2D eigenvalue weighted by atomic mass is 79.9. The van der Waals surface area contributed by atoms with Crippen LogP contribution in [0.4, 0.5) is 0 Å². The van der Waals surface area contributed by atoms with Crippen LogP contribution in [0.2, 0.25) is 0 Å². The largest absolute Gasteiger partial charge is 0.396 e. The molecule has 0 aliphatic carbocycles. The Hall–Kier alpha value is 0.440. The average molecular weight is 321 g/mol. The highest BCUT2D eigenvalue weighted by Crippen LogP contribution is 2.33. The Balaban J connectivity index is 3.50. The second-order valence-corrected chi connectivity index (χ2v) is 8.08. The molecule has 0 fully saturated rings. The van der Waals surface area contributed by atoms with Crippen molar-refractivity contribution in [2.75, 3.05) is 6.61 Å². The maximum Gasteiger partial charge on any atom is 0.0434 e. The van der Waals surface area contributed by atoms with Gasteiger partial charge in [0, 0.05) is 10.9 Å². The van der Waals surface area contributed by atoms with Crippen LogP contribution in [0.3, 0.4) is 0 Å². The molecule has 2 heteroatoms. The first kappa shape index (κ1) is 18.4. The number of aliphatic hydroxyl groups excluding tert-OH is 1. The molecule has 0 spiro atoms. The van der Waals surface area contributed by atoms with Crippen LogP contribution < -0.4 is 0 Å². The van der Waals surface area contributed by atoms with Gasteiger partial charge in [-0.05, 0) is 32.6 Å². The van der Waals surface area contributed by atoms with Crippen molar-refractivity contribution < 1.29 is 5.11 Å². The van der Waals surface area contributed by atoms with Gasteiger partial charge in [-0.1, -0.05) is 74.2 Å². The maximum atomic E-state index is 9.10. The molecule has 110 valence electrons. The van der Waals surface area contributed by atoms with Gasteiger partial charge in [-0.3, -0.25) is 0 Å². The van der Waals surface area contributed by atoms with Gasteiger partial charge < -0.3 is 5.11 Å². The van der Waals surface area contributed by atoms with Gasteiger partial charge in [0.1, 0.15) is 0 Å². The minimum atomic E-state index is 0.164. The number of aliphatic hydroxyl groups is 1. The molecule has 0 saturated heterocycles. The molecule has 0 heterocycles. The predicted octanol–water partition coefficient (Wildman–Crippen LogP) is 5.69. The number of halogens is 1. The standard InChI is InChI=1S/C16H33BrO/c1-4-5-6-7-8-9-10-11-12-15(13-14-18)16(2,3)17/h15,18H,4-14H2,1-3H3. The van der Waals surface area contributed by atoms with Crippen molar-refractivity contribution >= 4 is 15.9 Å². The first-order valence-electron chi connectivity index (χ1n) is 7.82. The van der Waals surface area contributed by atoms with Crippen molar-refractivity contribution in [2.45, 2.75) is 89.3 Å². The van der Waals surface area contributed by atoms with E-state index in [-0.39, 0.29) is 4.32 Å². The van der Waals surface area contributed by atoms with Crippen LogP contribution in [0, 0.1) is 5.92 Å². The third-order valence-electron chi connectivity index (χ3n) is 3.85. The van der Waals surface area contributed by atoms with E-state index in [4.69, 9.17) is 5.11 Å². The molecule has 1 nitrogen and oxygen atoms in total. The van der Waals surface area contributed by atoms with Gasteiger partial charge in [-0.2, -0.15) is 0 Å². The fourth-order valence-electron chi connectivity index (χ4n) is 2.51. The van der Waals surface area contributed by atoms with Crippen LogP contribution in [0.5, 0.6) is 0 Å². The lowest BCUT2D eigenvalue weighted by Gasteiger charge is -2.28. The molecular weight excluding hydrogens is 288 g/mol. The Kier molecular flexibility index (Phi) is 11.6. The van der Waals surface area contributed by atoms with E-state index in [1.807, 2.05) is 0 Å². The van der Waals surface area contributed by atoms with E-state index in [9.17, 15) is 0 Å². The Labute approximate surface area is 123 Å². The molecule has 18 heavy (non-hydrogen) atoms. The molecule has 0 saturated carbocycles. The summed E-state index contributed by atoms with van der Waals surface area (Å²) in [6.07, 6.45) is 13.2. The van der Waals surface area contributed by atoms with Gasteiger partial charge in [0.2, 0.25) is 0 Å². The molecule has 0 bridgehead atoms. The molecular formula is C16H33BrO. The van der Waals surface area contributed by atoms with Gasteiger partial charge >= 0.3 is 0 Å². The lowest BCUT2D eigenvalue weighted by atomic mass is 9.87. The third-order valence-corrected chi connectivity index (χ3v) is 4.50. The zero-order valence-corrected chi connectivity index (χ0v) is 14.3. The molecule has 0 radical (unpaired) electrons. The van der Waals surface area contributed by atoms with E-state index >= 15 is 0 Å². The zero-order valence-electron chi connectivity index (χ0n) is 12.7. The van der Waals surface area contributed by atoms with E-state index in [0.717, 1.165) is 6.42 Å². The van der Waals surface area contributed by atoms with E-state index in [1.54, 1.807) is 0 Å². The average Bonchev–Trinajstić information content (AvgIpc) is 2.30. The summed E-state index contributed by atoms with van der Waals surface area (Å²) in [6.45, 7) is 7.02. The van der Waals surface area contributed by atoms with Crippen LogP contribution in [-0.2, 0) is 0 Å². The van der Waals surface area contributed by atoms with Gasteiger partial charge in [0.25, 0.3) is 0 Å². The summed E-state index contributed by atoms with van der Waals surface area (Å²) < 4.78 is 0.164. The highest BCUT2D eigenvalue weighted by Gasteiger charge is 2.25. The molecule has 0 aromatic carbocycles. The van der Waals surface area contributed by atoms with Crippen LogP contribution in [0.25, 0.3) is 0 Å². The summed E-state index contributed by atoms with van der Waals surface area (Å²) in [5.41, 5.74) is 0. The smallest absolute Gasteiger partial charge is 0.0434 e. The Morgan fingerprint density at radius 3 is 1.83 bits per heavy atom. The maximum absolute atomic E-state index is 9.10. The molecule has 1 atom stereocenters. The van der Waals surface area contributed by atoms with Crippen molar-refractivity contribution in [3.05, 3.63) is 0 Å². The van der Waals surface area contributed by atoms with E-state index < -0.39 is 0 Å². The number of unbranched alkanes of at least 4 members (excludes halogenated alkanes) is 7. The number of hydrogen-bond donors (Lipinski definition) is 1. The molecule has 0 aliphatic heterocycles. The van der Waals surface area contributed by atoms with Crippen LogP contribution >= 0.6 is 15.9 Å². The van der Waals surface area contributed by atoms with Gasteiger partial charge in [0.15, 0.2) is 0 Å². The first-order chi connectivity index (χ1) is 8.52. The van der Waals surface area contributed by atoms with Gasteiger partial charge in [0.05, 0.1) is 0 Å². The summed E-state index contributed by atoms with van der Waals surface area (Å²) in [5.74, 6) is 0.600. The second kappa shape index (κ2) is 11.3. The number of hydrogen-bond acceptors (Lipinski definition) is 1. The summed E-state index contributed by atoms with van der Waals surface area (Å²) >= 11 is 3.75. The molecule has 0 aromatic heterocycles. The van der Waals surface area contributed by atoms with Crippen LogP contribution in [0.15, 0.2) is 0 Å². The quantitative estimate of drug-likeness (QED) is 0.362. The molecule has 1 N–H and O–H groups in total. The minimum Gasteiger partial charge on any atom is -0.396 e. The zero-order chi connectivity index (χ0) is 13.9. The monoisotopic (exact) mass is 320 g/mol. The molecule has 0 aliphatic rings.